The van der Waals surface area contributed by atoms with Crippen LogP contribution in [0.1, 0.15) is 57.2 Å². The second-order valence-electron chi connectivity index (χ2n) is 10.7. The molecule has 2 N–H and O–H groups in total. The zero-order valence-corrected chi connectivity index (χ0v) is 21.4. The highest BCUT2D eigenvalue weighted by Gasteiger charge is 2.39. The standard InChI is InChI=1S/C30H33NO5/c1-29(2,3)36-20-16-14-19(15-17-20)30(4,5)26(27(32)33)31-28(34)35-18-25-23-12-8-6-10-21(23)22-11-7-9-13-24(22)25/h6-17,25-26H,18H2,1-5H3,(H,31,34)(H,32,33). The molecule has 0 fully saturated rings. The van der Waals surface area contributed by atoms with Crippen LogP contribution in [-0.4, -0.2) is 35.4 Å². The van der Waals surface area contributed by atoms with Crippen molar-refractivity contribution in [3.05, 3.63) is 89.5 Å². The average Bonchev–Trinajstić information content (AvgIpc) is 3.14. The SMILES string of the molecule is CC(C)(C)Oc1ccc(C(C)(C)C(NC(=O)OCC2c3ccccc3-c3ccccc32)C(=O)O)cc1. The van der Waals surface area contributed by atoms with Gasteiger partial charge >= 0.3 is 12.1 Å². The first kappa shape index (κ1) is 25.3. The summed E-state index contributed by atoms with van der Waals surface area (Å²) in [5, 5.41) is 12.6. The smallest absolute Gasteiger partial charge is 0.407 e. The summed E-state index contributed by atoms with van der Waals surface area (Å²) in [7, 11) is 0. The van der Waals surface area contributed by atoms with Gasteiger partial charge in [0.05, 0.1) is 0 Å². The molecule has 0 radical (unpaired) electrons. The summed E-state index contributed by atoms with van der Waals surface area (Å²) >= 11 is 0. The molecule has 6 nitrogen and oxygen atoms in total. The minimum Gasteiger partial charge on any atom is -0.488 e. The van der Waals surface area contributed by atoms with Gasteiger partial charge in [-0.15, -0.1) is 0 Å². The van der Waals surface area contributed by atoms with E-state index in [-0.39, 0.29) is 18.1 Å². The number of hydrogen-bond acceptors (Lipinski definition) is 4. The Kier molecular flexibility index (Phi) is 6.81. The van der Waals surface area contributed by atoms with Gasteiger partial charge in [-0.25, -0.2) is 9.59 Å². The Morgan fingerprint density at radius 1 is 0.861 bits per heavy atom. The first-order valence-electron chi connectivity index (χ1n) is 12.1. The molecule has 1 amide bonds. The normalized spacial score (nSPS) is 13.9. The van der Waals surface area contributed by atoms with Gasteiger partial charge in [-0.3, -0.25) is 0 Å². The van der Waals surface area contributed by atoms with Crippen LogP contribution >= 0.6 is 0 Å². The molecule has 36 heavy (non-hydrogen) atoms. The third-order valence-corrected chi connectivity index (χ3v) is 6.60. The van der Waals surface area contributed by atoms with Crippen LogP contribution in [0, 0.1) is 0 Å². The van der Waals surface area contributed by atoms with Crippen molar-refractivity contribution in [1.29, 1.82) is 0 Å². The first-order valence-corrected chi connectivity index (χ1v) is 12.1. The molecule has 0 saturated heterocycles. The van der Waals surface area contributed by atoms with Crippen molar-refractivity contribution in [3.63, 3.8) is 0 Å². The number of carbonyl (C=O) groups is 2. The number of carboxylic acid groups (broad SMARTS) is 1. The summed E-state index contributed by atoms with van der Waals surface area (Å²) < 4.78 is 11.5. The Morgan fingerprint density at radius 2 is 1.39 bits per heavy atom. The van der Waals surface area contributed by atoms with Gasteiger partial charge in [0.2, 0.25) is 0 Å². The molecule has 1 aliphatic carbocycles. The second kappa shape index (κ2) is 9.69. The Labute approximate surface area is 212 Å². The largest absolute Gasteiger partial charge is 0.488 e. The molecular formula is C30H33NO5. The lowest BCUT2D eigenvalue weighted by molar-refractivity contribution is -0.141. The number of alkyl carbamates (subject to hydrolysis) is 1. The van der Waals surface area contributed by atoms with Crippen molar-refractivity contribution >= 4 is 12.1 Å². The lowest BCUT2D eigenvalue weighted by Crippen LogP contribution is -2.52. The average molecular weight is 488 g/mol. The van der Waals surface area contributed by atoms with E-state index in [0.29, 0.717) is 5.75 Å². The number of aliphatic carboxylic acids is 1. The molecule has 3 aromatic rings. The van der Waals surface area contributed by atoms with Crippen LogP contribution in [0.4, 0.5) is 4.79 Å². The molecule has 6 heteroatoms. The van der Waals surface area contributed by atoms with E-state index in [0.717, 1.165) is 27.8 Å². The lowest BCUT2D eigenvalue weighted by atomic mass is 9.77. The molecule has 0 bridgehead atoms. The number of amides is 1. The van der Waals surface area contributed by atoms with Crippen LogP contribution in [0.5, 0.6) is 5.75 Å². The topological polar surface area (TPSA) is 84.9 Å². The van der Waals surface area contributed by atoms with Crippen LogP contribution in [0.25, 0.3) is 11.1 Å². The third-order valence-electron chi connectivity index (χ3n) is 6.60. The molecule has 3 aromatic carbocycles. The summed E-state index contributed by atoms with van der Waals surface area (Å²) in [5.41, 5.74) is 3.97. The molecule has 0 heterocycles. The second-order valence-corrected chi connectivity index (χ2v) is 10.7. The van der Waals surface area contributed by atoms with Crippen LogP contribution in [-0.2, 0) is 14.9 Å². The first-order chi connectivity index (χ1) is 17.0. The zero-order valence-electron chi connectivity index (χ0n) is 21.4. The molecule has 1 aliphatic rings. The number of ether oxygens (including phenoxy) is 2. The maximum atomic E-state index is 12.8. The summed E-state index contributed by atoms with van der Waals surface area (Å²) in [6.45, 7) is 9.58. The van der Waals surface area contributed by atoms with Gasteiger partial charge in [-0.05, 0) is 60.7 Å². The van der Waals surface area contributed by atoms with Crippen LogP contribution in [0.3, 0.4) is 0 Å². The van der Waals surface area contributed by atoms with Gasteiger partial charge in [0.1, 0.15) is 24.0 Å². The van der Waals surface area contributed by atoms with E-state index < -0.39 is 23.5 Å². The molecule has 188 valence electrons. The van der Waals surface area contributed by atoms with E-state index in [1.807, 2.05) is 81.4 Å². The highest BCUT2D eigenvalue weighted by Crippen LogP contribution is 2.44. The third kappa shape index (κ3) is 5.23. The van der Waals surface area contributed by atoms with E-state index in [2.05, 4.69) is 17.4 Å². The summed E-state index contributed by atoms with van der Waals surface area (Å²) in [5.74, 6) is -0.545. The minimum absolute atomic E-state index is 0.102. The number of benzene rings is 3. The van der Waals surface area contributed by atoms with Gasteiger partial charge in [-0.2, -0.15) is 0 Å². The van der Waals surface area contributed by atoms with Crippen LogP contribution < -0.4 is 10.1 Å². The van der Waals surface area contributed by atoms with E-state index in [1.165, 1.54) is 0 Å². The van der Waals surface area contributed by atoms with Gasteiger partial charge in [0.25, 0.3) is 0 Å². The van der Waals surface area contributed by atoms with E-state index in [4.69, 9.17) is 9.47 Å². The highest BCUT2D eigenvalue weighted by molar-refractivity contribution is 5.82. The number of hydrogen-bond donors (Lipinski definition) is 2. The van der Waals surface area contributed by atoms with Gasteiger partial charge in [0.15, 0.2) is 0 Å². The van der Waals surface area contributed by atoms with E-state index >= 15 is 0 Å². The Morgan fingerprint density at radius 3 is 1.89 bits per heavy atom. The molecule has 4 rings (SSSR count). The van der Waals surface area contributed by atoms with Crippen LogP contribution in [0.15, 0.2) is 72.8 Å². The number of rotatable bonds is 7. The van der Waals surface area contributed by atoms with Gasteiger partial charge in [-0.1, -0.05) is 74.5 Å². The summed E-state index contributed by atoms with van der Waals surface area (Å²) in [4.78, 5) is 25.0. The van der Waals surface area contributed by atoms with Crippen molar-refractivity contribution in [2.24, 2.45) is 0 Å². The molecule has 0 spiro atoms. The van der Waals surface area contributed by atoms with Crippen molar-refractivity contribution < 1.29 is 24.2 Å². The number of fused-ring (bicyclic) bond motifs is 3. The minimum atomic E-state index is -1.19. The fourth-order valence-corrected chi connectivity index (χ4v) is 4.78. The fourth-order valence-electron chi connectivity index (χ4n) is 4.78. The summed E-state index contributed by atoms with van der Waals surface area (Å²) in [6, 6.07) is 22.2. The fraction of sp³-hybridized carbons (Fsp3) is 0.333. The molecule has 1 unspecified atom stereocenters. The maximum Gasteiger partial charge on any atom is 0.407 e. The number of carbonyl (C=O) groups excluding carboxylic acids is 1. The van der Waals surface area contributed by atoms with Crippen molar-refractivity contribution in [2.45, 2.75) is 57.6 Å². The lowest BCUT2D eigenvalue weighted by Gasteiger charge is -2.32. The highest BCUT2D eigenvalue weighted by atomic mass is 16.5. The van der Waals surface area contributed by atoms with Crippen molar-refractivity contribution in [1.82, 2.24) is 5.32 Å². The van der Waals surface area contributed by atoms with E-state index in [9.17, 15) is 14.7 Å². The number of nitrogens with one attached hydrogen (secondary N) is 1. The van der Waals surface area contributed by atoms with Gasteiger partial charge < -0.3 is 19.9 Å². The molecular weight excluding hydrogens is 454 g/mol. The Hall–Kier alpha value is -3.80. The van der Waals surface area contributed by atoms with Crippen molar-refractivity contribution in [2.75, 3.05) is 6.61 Å². The predicted octanol–water partition coefficient (Wildman–Crippen LogP) is 6.13. The predicted molar refractivity (Wildman–Crippen MR) is 139 cm³/mol. The number of carboxylic acids is 1. The molecule has 1 atom stereocenters. The molecule has 0 aromatic heterocycles. The van der Waals surface area contributed by atoms with Crippen LogP contribution in [0.2, 0.25) is 0 Å². The maximum absolute atomic E-state index is 12.8. The monoisotopic (exact) mass is 487 g/mol. The van der Waals surface area contributed by atoms with E-state index in [1.54, 1.807) is 13.8 Å². The Bertz CT molecular complexity index is 1210. The zero-order chi connectivity index (χ0) is 26.1. The Balaban J connectivity index is 1.46. The van der Waals surface area contributed by atoms with Gasteiger partial charge in [0, 0.05) is 11.3 Å². The quantitative estimate of drug-likeness (QED) is 0.419. The molecule has 0 aliphatic heterocycles. The molecule has 0 saturated carbocycles. The summed E-state index contributed by atoms with van der Waals surface area (Å²) in [6.07, 6.45) is -0.759. The van der Waals surface area contributed by atoms with Crippen molar-refractivity contribution in [3.8, 4) is 16.9 Å².